The molecule has 0 radical (unpaired) electrons. The second-order valence-corrected chi connectivity index (χ2v) is 9.13. The van der Waals surface area contributed by atoms with E-state index in [1.807, 2.05) is 0 Å². The van der Waals surface area contributed by atoms with Crippen LogP contribution in [-0.4, -0.2) is 30.0 Å². The average molecular weight is 415 g/mol. The van der Waals surface area contributed by atoms with E-state index < -0.39 is 0 Å². The highest BCUT2D eigenvalue weighted by atomic mass is 79.9. The van der Waals surface area contributed by atoms with Crippen LogP contribution >= 0.6 is 27.3 Å². The number of methoxy groups -OCH3 is 1. The third kappa shape index (κ3) is 4.17. The maximum Gasteiger partial charge on any atom is 0.308 e. The number of thiazole rings is 1. The number of nitrogens with zero attached hydrogens (tertiary/aromatic N) is 1. The summed E-state index contributed by atoms with van der Waals surface area (Å²) in [5.41, 5.74) is 1.01. The molecule has 3 rings (SSSR count). The Labute approximate surface area is 154 Å². The summed E-state index contributed by atoms with van der Waals surface area (Å²) in [6.45, 7) is 0. The van der Waals surface area contributed by atoms with Crippen molar-refractivity contribution >= 4 is 39.1 Å². The highest BCUT2D eigenvalue weighted by Gasteiger charge is 2.36. The van der Waals surface area contributed by atoms with E-state index in [2.05, 4.69) is 26.2 Å². The Hall–Kier alpha value is -0.950. The van der Waals surface area contributed by atoms with E-state index in [0.717, 1.165) is 15.9 Å². The second kappa shape index (κ2) is 7.95. The molecule has 1 aromatic rings. The number of halogens is 1. The lowest BCUT2D eigenvalue weighted by Crippen LogP contribution is -2.47. The highest BCUT2D eigenvalue weighted by molar-refractivity contribution is 9.11. The summed E-state index contributed by atoms with van der Waals surface area (Å²) < 4.78 is 5.69. The van der Waals surface area contributed by atoms with Crippen molar-refractivity contribution in [3.8, 4) is 0 Å². The van der Waals surface area contributed by atoms with Crippen molar-refractivity contribution < 1.29 is 14.3 Å². The number of carbonyl (C=O) groups excluding carboxylic acids is 2. The van der Waals surface area contributed by atoms with E-state index >= 15 is 0 Å². The molecule has 5 nitrogen and oxygen atoms in total. The fraction of sp³-hybridized carbons (Fsp3) is 0.706. The van der Waals surface area contributed by atoms with E-state index in [-0.39, 0.29) is 23.8 Å². The zero-order valence-corrected chi connectivity index (χ0v) is 16.2. The fourth-order valence-corrected chi connectivity index (χ4v) is 5.00. The van der Waals surface area contributed by atoms with Crippen LogP contribution in [0.4, 0.5) is 0 Å². The monoisotopic (exact) mass is 414 g/mol. The van der Waals surface area contributed by atoms with Gasteiger partial charge in [-0.15, -0.1) is 11.3 Å². The summed E-state index contributed by atoms with van der Waals surface area (Å²) in [7, 11) is 1.40. The van der Waals surface area contributed by atoms with Crippen LogP contribution in [0.2, 0.25) is 0 Å². The molecule has 0 atom stereocenters. The summed E-state index contributed by atoms with van der Waals surface area (Å²) in [5.74, 6) is 0.293. The molecule has 2 fully saturated rings. The molecular formula is C17H23BrN2O3S. The second-order valence-electron chi connectivity index (χ2n) is 6.81. The topological polar surface area (TPSA) is 68.3 Å². The zero-order chi connectivity index (χ0) is 17.1. The van der Waals surface area contributed by atoms with E-state index in [1.165, 1.54) is 50.6 Å². The lowest BCUT2D eigenvalue weighted by atomic mass is 9.80. The molecule has 0 aliphatic heterocycles. The van der Waals surface area contributed by atoms with Crippen molar-refractivity contribution in [2.75, 3.05) is 7.11 Å². The van der Waals surface area contributed by atoms with Crippen LogP contribution in [0.25, 0.3) is 0 Å². The van der Waals surface area contributed by atoms with Gasteiger partial charge in [-0.2, -0.15) is 0 Å². The average Bonchev–Trinajstić information content (AvgIpc) is 2.91. The van der Waals surface area contributed by atoms with Crippen LogP contribution in [0.1, 0.15) is 60.4 Å². The molecular weight excluding hydrogens is 392 g/mol. The van der Waals surface area contributed by atoms with E-state index in [0.29, 0.717) is 23.8 Å². The number of carbonyl (C=O) groups is 2. The first-order valence-electron chi connectivity index (χ1n) is 8.60. The molecule has 0 bridgehead atoms. The van der Waals surface area contributed by atoms with E-state index in [4.69, 9.17) is 4.74 Å². The van der Waals surface area contributed by atoms with Crippen LogP contribution in [0.5, 0.6) is 0 Å². The van der Waals surface area contributed by atoms with E-state index in [1.54, 1.807) is 0 Å². The molecule has 0 aromatic carbocycles. The molecule has 1 amide bonds. The van der Waals surface area contributed by atoms with Gasteiger partial charge in [0.25, 0.3) is 5.91 Å². The summed E-state index contributed by atoms with van der Waals surface area (Å²) in [4.78, 5) is 28.3. The van der Waals surface area contributed by atoms with Gasteiger partial charge in [0.15, 0.2) is 5.01 Å². The number of hydrogen-bond donors (Lipinski definition) is 1. The van der Waals surface area contributed by atoms with Crippen molar-refractivity contribution in [2.24, 2.45) is 11.8 Å². The Morgan fingerprint density at radius 1 is 1.29 bits per heavy atom. The van der Waals surface area contributed by atoms with Gasteiger partial charge in [-0.25, -0.2) is 4.98 Å². The van der Waals surface area contributed by atoms with Crippen molar-refractivity contribution in [3.63, 3.8) is 0 Å². The molecule has 1 N–H and O–H groups in total. The zero-order valence-electron chi connectivity index (χ0n) is 13.8. The lowest BCUT2D eigenvalue weighted by Gasteiger charge is -2.33. The Balaban J connectivity index is 1.52. The number of aromatic nitrogens is 1. The quantitative estimate of drug-likeness (QED) is 0.745. The molecule has 0 spiro atoms. The molecule has 2 aliphatic carbocycles. The molecule has 1 aromatic heterocycles. The predicted molar refractivity (Wildman–Crippen MR) is 96.1 cm³/mol. The first kappa shape index (κ1) is 17.9. The first-order chi connectivity index (χ1) is 11.6. The normalized spacial score (nSPS) is 24.2. The Kier molecular flexibility index (Phi) is 5.92. The fourth-order valence-electron chi connectivity index (χ4n) is 3.56. The first-order valence-corrected chi connectivity index (χ1v) is 10.2. The van der Waals surface area contributed by atoms with Crippen LogP contribution in [0.15, 0.2) is 3.79 Å². The van der Waals surface area contributed by atoms with Gasteiger partial charge in [0.2, 0.25) is 0 Å². The van der Waals surface area contributed by atoms with Gasteiger partial charge in [0.05, 0.1) is 22.5 Å². The Bertz CT molecular complexity index is 607. The molecule has 132 valence electrons. The number of rotatable bonds is 5. The molecule has 2 aliphatic rings. The molecule has 0 saturated heterocycles. The summed E-state index contributed by atoms with van der Waals surface area (Å²) in [6.07, 6.45) is 8.75. The molecule has 2 saturated carbocycles. The number of esters is 1. The van der Waals surface area contributed by atoms with Crippen LogP contribution in [-0.2, 0) is 16.0 Å². The predicted octanol–water partition coefficient (Wildman–Crippen LogP) is 3.71. The third-order valence-electron chi connectivity index (χ3n) is 5.06. The largest absolute Gasteiger partial charge is 0.469 e. The summed E-state index contributed by atoms with van der Waals surface area (Å²) in [5, 5.41) is 3.47. The summed E-state index contributed by atoms with van der Waals surface area (Å²) >= 11 is 4.96. The minimum Gasteiger partial charge on any atom is -0.469 e. The number of hydrogen-bond acceptors (Lipinski definition) is 5. The standard InChI is InChI=1S/C17H23BrN2O3S/c1-23-17(22)11-8-12(9-11)19-15(21)16-20-13(14(18)24-16)7-10-5-3-2-4-6-10/h10-12H,2-9H2,1H3,(H,19,21). The lowest BCUT2D eigenvalue weighted by molar-refractivity contribution is -0.149. The SMILES string of the molecule is COC(=O)C1CC(NC(=O)c2nc(CC3CCCCC3)c(Br)s2)C1. The third-order valence-corrected chi connectivity index (χ3v) is 6.89. The van der Waals surface area contributed by atoms with Crippen LogP contribution < -0.4 is 5.32 Å². The van der Waals surface area contributed by atoms with Crippen molar-refractivity contribution in [2.45, 2.75) is 57.4 Å². The maximum absolute atomic E-state index is 12.4. The minimum absolute atomic E-state index is 0.0473. The van der Waals surface area contributed by atoms with Gasteiger partial charge >= 0.3 is 5.97 Å². The Morgan fingerprint density at radius 3 is 2.67 bits per heavy atom. The van der Waals surface area contributed by atoms with Gasteiger partial charge in [-0.3, -0.25) is 9.59 Å². The number of ether oxygens (including phenoxy) is 1. The highest BCUT2D eigenvalue weighted by Crippen LogP contribution is 2.33. The van der Waals surface area contributed by atoms with Crippen LogP contribution in [0, 0.1) is 11.8 Å². The van der Waals surface area contributed by atoms with Crippen LogP contribution in [0.3, 0.4) is 0 Å². The van der Waals surface area contributed by atoms with E-state index in [9.17, 15) is 9.59 Å². The van der Waals surface area contributed by atoms with Gasteiger partial charge in [0, 0.05) is 6.04 Å². The molecule has 1 heterocycles. The van der Waals surface area contributed by atoms with Gasteiger partial charge in [-0.05, 0) is 41.1 Å². The smallest absolute Gasteiger partial charge is 0.308 e. The van der Waals surface area contributed by atoms with Crippen molar-refractivity contribution in [1.82, 2.24) is 10.3 Å². The van der Waals surface area contributed by atoms with Gasteiger partial charge < -0.3 is 10.1 Å². The minimum atomic E-state index is -0.188. The Morgan fingerprint density at radius 2 is 2.00 bits per heavy atom. The molecule has 24 heavy (non-hydrogen) atoms. The number of nitrogens with one attached hydrogen (secondary N) is 1. The van der Waals surface area contributed by atoms with Crippen molar-refractivity contribution in [1.29, 1.82) is 0 Å². The summed E-state index contributed by atoms with van der Waals surface area (Å²) in [6, 6.07) is 0.0473. The molecule has 7 heteroatoms. The maximum atomic E-state index is 12.4. The van der Waals surface area contributed by atoms with Gasteiger partial charge in [-0.1, -0.05) is 32.1 Å². The van der Waals surface area contributed by atoms with Crippen molar-refractivity contribution in [3.05, 3.63) is 14.5 Å². The number of amides is 1. The van der Waals surface area contributed by atoms with Gasteiger partial charge in [0.1, 0.15) is 0 Å². The molecule has 0 unspecified atom stereocenters.